The van der Waals surface area contributed by atoms with Crippen LogP contribution < -0.4 is 0 Å². The summed E-state index contributed by atoms with van der Waals surface area (Å²) in [4.78, 5) is 26.4. The number of fused-ring (bicyclic) bond motifs is 2. The van der Waals surface area contributed by atoms with Gasteiger partial charge in [0.25, 0.3) is 0 Å². The highest BCUT2D eigenvalue weighted by Crippen LogP contribution is 2.52. The number of piperidine rings is 1. The smallest absolute Gasteiger partial charge is 0.475 e. The van der Waals surface area contributed by atoms with E-state index in [0.717, 1.165) is 39.1 Å². The van der Waals surface area contributed by atoms with Crippen molar-refractivity contribution in [1.82, 2.24) is 9.80 Å². The van der Waals surface area contributed by atoms with Crippen LogP contribution in [0.3, 0.4) is 0 Å². The van der Waals surface area contributed by atoms with Crippen LogP contribution in [-0.2, 0) is 26.3 Å². The topological polar surface area (TPSA) is 70.1 Å². The number of alkyl halides is 3. The molecule has 2 saturated heterocycles. The number of hydrogen-bond acceptors (Lipinski definition) is 5. The maximum atomic E-state index is 12.9. The molecule has 1 amide bonds. The number of halogens is 3. The lowest BCUT2D eigenvalue weighted by atomic mass is 9.73. The van der Waals surface area contributed by atoms with Gasteiger partial charge in [0.05, 0.1) is 13.2 Å². The lowest BCUT2D eigenvalue weighted by Gasteiger charge is -2.40. The molecular formula is C26H31F3N2O4S. The minimum atomic E-state index is -5.08. The number of aliphatic carboxylic acids is 1. The van der Waals surface area contributed by atoms with Crippen LogP contribution in [0.2, 0.25) is 0 Å². The third-order valence-corrected chi connectivity index (χ3v) is 8.17. The molecule has 0 bridgehead atoms. The zero-order valence-electron chi connectivity index (χ0n) is 20.0. The first kappa shape index (κ1) is 26.6. The van der Waals surface area contributed by atoms with E-state index in [2.05, 4.69) is 46.0 Å². The van der Waals surface area contributed by atoms with Gasteiger partial charge < -0.3 is 14.7 Å². The molecule has 0 saturated carbocycles. The van der Waals surface area contributed by atoms with E-state index >= 15 is 0 Å². The molecule has 2 fully saturated rings. The van der Waals surface area contributed by atoms with E-state index in [0.29, 0.717) is 31.5 Å². The van der Waals surface area contributed by atoms with Gasteiger partial charge in [-0.15, -0.1) is 0 Å². The van der Waals surface area contributed by atoms with Gasteiger partial charge in [-0.25, -0.2) is 4.79 Å². The summed E-state index contributed by atoms with van der Waals surface area (Å²) in [7, 11) is 0. The third-order valence-electron chi connectivity index (χ3n) is 7.44. The number of carbonyl (C=O) groups excluding carboxylic acids is 1. The Morgan fingerprint density at radius 2 is 1.75 bits per heavy atom. The molecule has 1 N–H and O–H groups in total. The summed E-state index contributed by atoms with van der Waals surface area (Å²) >= 11 is 1.78. The van der Waals surface area contributed by atoms with Crippen molar-refractivity contribution in [2.24, 2.45) is 0 Å². The molecule has 1 spiro atoms. The van der Waals surface area contributed by atoms with Crippen molar-refractivity contribution in [3.8, 4) is 0 Å². The number of carboxylic acid groups (broad SMARTS) is 1. The molecule has 3 aliphatic rings. The Morgan fingerprint density at radius 3 is 2.36 bits per heavy atom. The molecule has 0 radical (unpaired) electrons. The number of hydrogen-bond donors (Lipinski definition) is 1. The number of amides is 1. The van der Waals surface area contributed by atoms with E-state index in [-0.39, 0.29) is 5.41 Å². The number of benzene rings is 1. The molecule has 196 valence electrons. The Labute approximate surface area is 212 Å². The summed E-state index contributed by atoms with van der Waals surface area (Å²) in [6, 6.07) is 11.2. The zero-order chi connectivity index (χ0) is 25.8. The number of morpholine rings is 1. The van der Waals surface area contributed by atoms with E-state index < -0.39 is 12.1 Å². The standard InChI is InChI=1S/C24H30N2O2S.C2HF3O2/c27-23(26-10-12-28-13-11-26)15-20-16-24(22-4-2-1-3-21(20)22)6-8-25(9-7-24)17-19-5-14-29-18-19;3-2(4,5)1(6)7/h1-5,14,18,20H,6-13,15-17H2;(H,6,7). The van der Waals surface area contributed by atoms with Crippen LogP contribution in [-0.4, -0.2) is 72.4 Å². The van der Waals surface area contributed by atoms with Gasteiger partial charge >= 0.3 is 12.1 Å². The highest BCUT2D eigenvalue weighted by molar-refractivity contribution is 7.07. The number of likely N-dealkylation sites (tertiary alicyclic amines) is 1. The van der Waals surface area contributed by atoms with Crippen LogP contribution >= 0.6 is 11.3 Å². The molecule has 6 nitrogen and oxygen atoms in total. The maximum absolute atomic E-state index is 12.9. The van der Waals surface area contributed by atoms with Crippen LogP contribution in [0.15, 0.2) is 41.1 Å². The van der Waals surface area contributed by atoms with Crippen molar-refractivity contribution in [1.29, 1.82) is 0 Å². The molecule has 1 aliphatic carbocycles. The number of carboxylic acids is 1. The van der Waals surface area contributed by atoms with Crippen LogP contribution in [0.1, 0.15) is 48.3 Å². The molecule has 5 rings (SSSR count). The Hall–Kier alpha value is -2.43. The van der Waals surface area contributed by atoms with Crippen LogP contribution in [0.5, 0.6) is 0 Å². The van der Waals surface area contributed by atoms with Crippen molar-refractivity contribution in [3.05, 3.63) is 57.8 Å². The fourth-order valence-corrected chi connectivity index (χ4v) is 6.28. The minimum Gasteiger partial charge on any atom is -0.475 e. The van der Waals surface area contributed by atoms with Gasteiger partial charge in [-0.05, 0) is 77.2 Å². The van der Waals surface area contributed by atoms with E-state index in [1.54, 1.807) is 11.3 Å². The largest absolute Gasteiger partial charge is 0.490 e. The predicted molar refractivity (Wildman–Crippen MR) is 130 cm³/mol. The second kappa shape index (κ2) is 11.3. The van der Waals surface area contributed by atoms with Gasteiger partial charge in [0, 0.05) is 26.1 Å². The fourth-order valence-electron chi connectivity index (χ4n) is 5.62. The molecular weight excluding hydrogens is 493 g/mol. The predicted octanol–water partition coefficient (Wildman–Crippen LogP) is 4.65. The van der Waals surface area contributed by atoms with Crippen LogP contribution in [0.4, 0.5) is 13.2 Å². The monoisotopic (exact) mass is 524 g/mol. The molecule has 1 aromatic carbocycles. The average molecular weight is 525 g/mol. The Balaban J connectivity index is 0.000000384. The number of ether oxygens (including phenoxy) is 1. The number of nitrogens with zero attached hydrogens (tertiary/aromatic N) is 2. The third kappa shape index (κ3) is 6.27. The minimum absolute atomic E-state index is 0.262. The van der Waals surface area contributed by atoms with Gasteiger partial charge in [0.15, 0.2) is 0 Å². The first-order valence-corrected chi connectivity index (χ1v) is 13.1. The average Bonchev–Trinajstić information content (AvgIpc) is 3.48. The molecule has 2 aromatic rings. The summed E-state index contributed by atoms with van der Waals surface area (Å²) in [6.45, 7) is 6.21. The van der Waals surface area contributed by atoms with Gasteiger partial charge in [-0.2, -0.15) is 24.5 Å². The molecule has 36 heavy (non-hydrogen) atoms. The van der Waals surface area contributed by atoms with E-state index in [4.69, 9.17) is 14.6 Å². The summed E-state index contributed by atoms with van der Waals surface area (Å²) in [5.74, 6) is -2.09. The Kier molecular flexibility index (Phi) is 8.37. The van der Waals surface area contributed by atoms with E-state index in [1.807, 2.05) is 4.90 Å². The molecule has 1 atom stereocenters. The van der Waals surface area contributed by atoms with Crippen molar-refractivity contribution in [3.63, 3.8) is 0 Å². The molecule has 10 heteroatoms. The lowest BCUT2D eigenvalue weighted by Crippen LogP contribution is -2.42. The number of carbonyl (C=O) groups is 2. The molecule has 3 heterocycles. The Bertz CT molecular complexity index is 1030. The van der Waals surface area contributed by atoms with Gasteiger partial charge in [0.1, 0.15) is 0 Å². The second-order valence-electron chi connectivity index (χ2n) is 9.68. The summed E-state index contributed by atoms with van der Waals surface area (Å²) < 4.78 is 37.2. The van der Waals surface area contributed by atoms with Gasteiger partial charge in [-0.1, -0.05) is 24.3 Å². The van der Waals surface area contributed by atoms with Crippen molar-refractivity contribution >= 4 is 23.2 Å². The van der Waals surface area contributed by atoms with Crippen molar-refractivity contribution < 1.29 is 32.6 Å². The van der Waals surface area contributed by atoms with Crippen LogP contribution in [0, 0.1) is 0 Å². The van der Waals surface area contributed by atoms with E-state index in [9.17, 15) is 18.0 Å². The lowest BCUT2D eigenvalue weighted by molar-refractivity contribution is -0.192. The van der Waals surface area contributed by atoms with Gasteiger partial charge in [-0.3, -0.25) is 9.69 Å². The normalized spacial score (nSPS) is 21.5. The molecule has 1 aromatic heterocycles. The highest BCUT2D eigenvalue weighted by atomic mass is 32.1. The SMILES string of the molecule is O=C(CC1CC2(CCN(Cc3ccsc3)CC2)c2ccccc21)N1CCOCC1.O=C(O)C(F)(F)F. The maximum Gasteiger partial charge on any atom is 0.490 e. The Morgan fingerprint density at radius 1 is 1.08 bits per heavy atom. The van der Waals surface area contributed by atoms with Crippen LogP contribution in [0.25, 0.3) is 0 Å². The molecule has 1 unspecified atom stereocenters. The first-order chi connectivity index (χ1) is 17.2. The van der Waals surface area contributed by atoms with E-state index in [1.165, 1.54) is 29.5 Å². The van der Waals surface area contributed by atoms with Crippen molar-refractivity contribution in [2.45, 2.75) is 49.7 Å². The quantitative estimate of drug-likeness (QED) is 0.631. The zero-order valence-corrected chi connectivity index (χ0v) is 20.8. The first-order valence-electron chi connectivity index (χ1n) is 12.2. The fraction of sp³-hybridized carbons (Fsp3) is 0.538. The number of thiophene rings is 1. The summed E-state index contributed by atoms with van der Waals surface area (Å²) in [5.41, 5.74) is 4.65. The summed E-state index contributed by atoms with van der Waals surface area (Å²) in [6.07, 6.45) is -0.890. The van der Waals surface area contributed by atoms with Gasteiger partial charge in [0.2, 0.25) is 5.91 Å². The number of rotatable bonds is 4. The highest BCUT2D eigenvalue weighted by Gasteiger charge is 2.45. The molecule has 2 aliphatic heterocycles. The summed E-state index contributed by atoms with van der Waals surface area (Å²) in [5, 5.41) is 11.6. The van der Waals surface area contributed by atoms with Crippen molar-refractivity contribution in [2.75, 3.05) is 39.4 Å². The second-order valence-corrected chi connectivity index (χ2v) is 10.5.